The van der Waals surface area contributed by atoms with Crippen LogP contribution in [0.15, 0.2) is 24.3 Å². The average molecular weight is 246 g/mol. The number of hydrogen-bond donors (Lipinski definition) is 1. The molecule has 0 radical (unpaired) electrons. The Morgan fingerprint density at radius 3 is 2.56 bits per heavy atom. The number of carbonyl (C=O) groups excluding carboxylic acids is 1. The van der Waals surface area contributed by atoms with Crippen LogP contribution >= 0.6 is 0 Å². The number of amides is 1. The van der Waals surface area contributed by atoms with E-state index in [0.29, 0.717) is 12.0 Å². The topological polar surface area (TPSA) is 32.3 Å². The second kappa shape index (κ2) is 5.42. The standard InChI is InChI=1S/C15H22N2O/c1-11-5-4-10-17(12(11)2)15(18)13-6-8-14(16-3)9-7-13/h6-9,11-12,16H,4-5,10H2,1-3H3. The predicted octanol–water partition coefficient (Wildman–Crippen LogP) is 2.99. The minimum atomic E-state index is 0.164. The lowest BCUT2D eigenvalue weighted by Crippen LogP contribution is -2.46. The van der Waals surface area contributed by atoms with E-state index in [0.717, 1.165) is 24.2 Å². The molecule has 2 atom stereocenters. The van der Waals surface area contributed by atoms with Crippen LogP contribution in [-0.4, -0.2) is 30.4 Å². The fourth-order valence-electron chi connectivity index (χ4n) is 2.57. The predicted molar refractivity (Wildman–Crippen MR) is 74.9 cm³/mol. The smallest absolute Gasteiger partial charge is 0.254 e. The Kier molecular flexibility index (Phi) is 3.90. The van der Waals surface area contributed by atoms with Gasteiger partial charge in [0.15, 0.2) is 0 Å². The van der Waals surface area contributed by atoms with Gasteiger partial charge in [0.05, 0.1) is 0 Å². The number of nitrogens with zero attached hydrogens (tertiary/aromatic N) is 1. The van der Waals surface area contributed by atoms with Crippen molar-refractivity contribution in [2.45, 2.75) is 32.7 Å². The van der Waals surface area contributed by atoms with Crippen LogP contribution in [0.2, 0.25) is 0 Å². The first-order valence-electron chi connectivity index (χ1n) is 6.72. The van der Waals surface area contributed by atoms with Gasteiger partial charge >= 0.3 is 0 Å². The van der Waals surface area contributed by atoms with Gasteiger partial charge in [0.25, 0.3) is 5.91 Å². The van der Waals surface area contributed by atoms with Crippen LogP contribution in [0.5, 0.6) is 0 Å². The Labute approximate surface area is 109 Å². The van der Waals surface area contributed by atoms with Gasteiger partial charge in [-0.1, -0.05) is 6.92 Å². The number of carbonyl (C=O) groups is 1. The molecule has 18 heavy (non-hydrogen) atoms. The molecule has 0 aromatic heterocycles. The molecule has 1 saturated heterocycles. The van der Waals surface area contributed by atoms with Crippen molar-refractivity contribution in [2.24, 2.45) is 5.92 Å². The summed E-state index contributed by atoms with van der Waals surface area (Å²) in [5.74, 6) is 0.760. The van der Waals surface area contributed by atoms with E-state index in [9.17, 15) is 4.79 Å². The van der Waals surface area contributed by atoms with Crippen LogP contribution in [-0.2, 0) is 0 Å². The average Bonchev–Trinajstić information content (AvgIpc) is 2.41. The molecule has 0 aliphatic carbocycles. The second-order valence-corrected chi connectivity index (χ2v) is 5.19. The van der Waals surface area contributed by atoms with Crippen molar-refractivity contribution in [1.29, 1.82) is 0 Å². The van der Waals surface area contributed by atoms with Crippen molar-refractivity contribution in [3.63, 3.8) is 0 Å². The van der Waals surface area contributed by atoms with Gasteiger partial charge in [-0.15, -0.1) is 0 Å². The molecular formula is C15H22N2O. The largest absolute Gasteiger partial charge is 0.388 e. The van der Waals surface area contributed by atoms with E-state index in [2.05, 4.69) is 19.2 Å². The molecule has 1 aliphatic heterocycles. The summed E-state index contributed by atoms with van der Waals surface area (Å²) in [4.78, 5) is 14.5. The molecule has 3 nitrogen and oxygen atoms in total. The van der Waals surface area contributed by atoms with E-state index in [4.69, 9.17) is 0 Å². The summed E-state index contributed by atoms with van der Waals surface area (Å²) in [6, 6.07) is 8.05. The highest BCUT2D eigenvalue weighted by molar-refractivity contribution is 5.94. The van der Waals surface area contributed by atoms with E-state index in [1.54, 1.807) is 0 Å². The van der Waals surface area contributed by atoms with Gasteiger partial charge in [-0.2, -0.15) is 0 Å². The highest BCUT2D eigenvalue weighted by Gasteiger charge is 2.28. The van der Waals surface area contributed by atoms with Crippen LogP contribution in [0.25, 0.3) is 0 Å². The summed E-state index contributed by atoms with van der Waals surface area (Å²) < 4.78 is 0. The Morgan fingerprint density at radius 2 is 1.94 bits per heavy atom. The van der Waals surface area contributed by atoms with Gasteiger partial charge in [0, 0.05) is 30.9 Å². The molecule has 0 saturated carbocycles. The van der Waals surface area contributed by atoms with Crippen molar-refractivity contribution < 1.29 is 4.79 Å². The number of anilines is 1. The zero-order valence-electron chi connectivity index (χ0n) is 11.4. The molecule has 1 fully saturated rings. The van der Waals surface area contributed by atoms with Crippen molar-refractivity contribution in [3.05, 3.63) is 29.8 Å². The highest BCUT2D eigenvalue weighted by Crippen LogP contribution is 2.24. The molecule has 3 heteroatoms. The van der Waals surface area contributed by atoms with Crippen LogP contribution in [0.1, 0.15) is 37.0 Å². The minimum Gasteiger partial charge on any atom is -0.388 e. The Bertz CT molecular complexity index is 413. The second-order valence-electron chi connectivity index (χ2n) is 5.19. The van der Waals surface area contributed by atoms with Crippen molar-refractivity contribution in [2.75, 3.05) is 18.9 Å². The molecule has 1 aromatic rings. The van der Waals surface area contributed by atoms with Crippen molar-refractivity contribution >= 4 is 11.6 Å². The van der Waals surface area contributed by atoms with E-state index in [-0.39, 0.29) is 5.91 Å². The summed E-state index contributed by atoms with van der Waals surface area (Å²) in [6.45, 7) is 5.27. The Balaban J connectivity index is 2.14. The minimum absolute atomic E-state index is 0.164. The quantitative estimate of drug-likeness (QED) is 0.870. The van der Waals surface area contributed by atoms with E-state index in [1.165, 1.54) is 6.42 Å². The number of nitrogens with one attached hydrogen (secondary N) is 1. The molecule has 98 valence electrons. The number of benzene rings is 1. The summed E-state index contributed by atoms with van der Waals surface area (Å²) in [5.41, 5.74) is 1.82. The zero-order valence-corrected chi connectivity index (χ0v) is 11.4. The van der Waals surface area contributed by atoms with Crippen LogP contribution in [0, 0.1) is 5.92 Å². The number of likely N-dealkylation sites (tertiary alicyclic amines) is 1. The molecule has 0 bridgehead atoms. The maximum absolute atomic E-state index is 12.5. The third-order valence-electron chi connectivity index (χ3n) is 4.06. The summed E-state index contributed by atoms with van der Waals surface area (Å²) in [6.07, 6.45) is 2.34. The van der Waals surface area contributed by atoms with Gasteiger partial charge < -0.3 is 10.2 Å². The van der Waals surface area contributed by atoms with Crippen molar-refractivity contribution in [1.82, 2.24) is 4.90 Å². The van der Waals surface area contributed by atoms with Gasteiger partial charge in [-0.25, -0.2) is 0 Å². The third-order valence-corrected chi connectivity index (χ3v) is 4.06. The normalized spacial score (nSPS) is 23.8. The molecule has 1 aromatic carbocycles. The molecular weight excluding hydrogens is 224 g/mol. The molecule has 1 amide bonds. The van der Waals surface area contributed by atoms with Crippen LogP contribution in [0.4, 0.5) is 5.69 Å². The van der Waals surface area contributed by atoms with Crippen LogP contribution in [0.3, 0.4) is 0 Å². The fourth-order valence-corrected chi connectivity index (χ4v) is 2.57. The molecule has 2 rings (SSSR count). The molecule has 0 spiro atoms. The Morgan fingerprint density at radius 1 is 1.28 bits per heavy atom. The monoisotopic (exact) mass is 246 g/mol. The van der Waals surface area contributed by atoms with Gasteiger partial charge in [0.1, 0.15) is 0 Å². The first-order chi connectivity index (χ1) is 8.63. The molecule has 2 unspecified atom stereocenters. The first kappa shape index (κ1) is 12.9. The molecule has 1 heterocycles. The van der Waals surface area contributed by atoms with E-state index >= 15 is 0 Å². The number of rotatable bonds is 2. The van der Waals surface area contributed by atoms with E-state index < -0.39 is 0 Å². The van der Waals surface area contributed by atoms with Crippen LogP contribution < -0.4 is 5.32 Å². The first-order valence-corrected chi connectivity index (χ1v) is 6.72. The van der Waals surface area contributed by atoms with E-state index in [1.807, 2.05) is 36.2 Å². The third kappa shape index (κ3) is 2.50. The fraction of sp³-hybridized carbons (Fsp3) is 0.533. The number of piperidine rings is 1. The maximum atomic E-state index is 12.5. The molecule has 1 N–H and O–H groups in total. The van der Waals surface area contributed by atoms with Crippen molar-refractivity contribution in [3.8, 4) is 0 Å². The zero-order chi connectivity index (χ0) is 13.1. The maximum Gasteiger partial charge on any atom is 0.254 e. The number of hydrogen-bond acceptors (Lipinski definition) is 2. The Hall–Kier alpha value is -1.51. The van der Waals surface area contributed by atoms with Gasteiger partial charge in [0.2, 0.25) is 0 Å². The summed E-state index contributed by atoms with van der Waals surface area (Å²) in [5, 5.41) is 3.06. The molecule has 1 aliphatic rings. The van der Waals surface area contributed by atoms with Gasteiger partial charge in [-0.05, 0) is 49.9 Å². The van der Waals surface area contributed by atoms with Gasteiger partial charge in [-0.3, -0.25) is 4.79 Å². The lowest BCUT2D eigenvalue weighted by molar-refractivity contribution is 0.0551. The summed E-state index contributed by atoms with van der Waals surface area (Å²) >= 11 is 0. The SMILES string of the molecule is CNc1ccc(C(=O)N2CCCC(C)C2C)cc1. The lowest BCUT2D eigenvalue weighted by Gasteiger charge is -2.38. The lowest BCUT2D eigenvalue weighted by atomic mass is 9.91. The summed E-state index contributed by atoms with van der Waals surface area (Å²) in [7, 11) is 1.88. The highest BCUT2D eigenvalue weighted by atomic mass is 16.2.